The maximum atomic E-state index is 5.40. The van der Waals surface area contributed by atoms with Gasteiger partial charge >= 0.3 is 0 Å². The van der Waals surface area contributed by atoms with Crippen LogP contribution in [0.5, 0.6) is 5.75 Å². The number of aliphatic imine (C=N–C) groups is 1. The first-order valence-corrected chi connectivity index (χ1v) is 7.29. The van der Waals surface area contributed by atoms with Crippen LogP contribution >= 0.6 is 0 Å². The number of ether oxygens (including phenoxy) is 2. The molecule has 0 radical (unpaired) electrons. The van der Waals surface area contributed by atoms with E-state index in [1.54, 1.807) is 21.3 Å². The molecule has 0 saturated carbocycles. The van der Waals surface area contributed by atoms with Crippen molar-refractivity contribution >= 4 is 5.96 Å². The molecule has 5 heteroatoms. The quantitative estimate of drug-likeness (QED) is 0.437. The van der Waals surface area contributed by atoms with Gasteiger partial charge in [0.2, 0.25) is 0 Å². The number of benzene rings is 1. The number of guanidine groups is 1. The predicted molar refractivity (Wildman–Crippen MR) is 87.3 cm³/mol. The Hall–Kier alpha value is -1.75. The lowest BCUT2D eigenvalue weighted by Crippen LogP contribution is -2.39. The lowest BCUT2D eigenvalue weighted by molar-refractivity contribution is 0.195. The van der Waals surface area contributed by atoms with Crippen molar-refractivity contribution in [1.82, 2.24) is 10.6 Å². The highest BCUT2D eigenvalue weighted by Crippen LogP contribution is 2.25. The molecule has 21 heavy (non-hydrogen) atoms. The van der Waals surface area contributed by atoms with E-state index >= 15 is 0 Å². The van der Waals surface area contributed by atoms with E-state index in [4.69, 9.17) is 9.47 Å². The Balaban J connectivity index is 2.45. The number of nitrogens with zero attached hydrogens (tertiary/aromatic N) is 1. The molecule has 2 N–H and O–H groups in total. The second-order valence-corrected chi connectivity index (χ2v) is 4.87. The van der Waals surface area contributed by atoms with Gasteiger partial charge in [0.25, 0.3) is 0 Å². The van der Waals surface area contributed by atoms with E-state index < -0.39 is 0 Å². The van der Waals surface area contributed by atoms with Gasteiger partial charge in [-0.3, -0.25) is 4.99 Å². The van der Waals surface area contributed by atoms with E-state index in [0.29, 0.717) is 5.92 Å². The maximum Gasteiger partial charge on any atom is 0.190 e. The van der Waals surface area contributed by atoms with Gasteiger partial charge in [0.05, 0.1) is 7.11 Å². The molecule has 0 heterocycles. The molecule has 0 spiro atoms. The Morgan fingerprint density at radius 2 is 2.00 bits per heavy atom. The molecule has 0 aliphatic rings. The fourth-order valence-electron chi connectivity index (χ4n) is 2.08. The molecule has 0 saturated heterocycles. The van der Waals surface area contributed by atoms with E-state index in [1.165, 1.54) is 5.56 Å². The van der Waals surface area contributed by atoms with Gasteiger partial charge in [-0.1, -0.05) is 25.1 Å². The Bertz CT molecular complexity index is 435. The van der Waals surface area contributed by atoms with Crippen molar-refractivity contribution in [1.29, 1.82) is 0 Å². The van der Waals surface area contributed by atoms with E-state index in [2.05, 4.69) is 28.6 Å². The molecule has 1 unspecified atom stereocenters. The average molecular weight is 293 g/mol. The largest absolute Gasteiger partial charge is 0.496 e. The molecule has 0 aromatic heterocycles. The second kappa shape index (κ2) is 10.0. The fourth-order valence-corrected chi connectivity index (χ4v) is 2.08. The summed E-state index contributed by atoms with van der Waals surface area (Å²) in [4.78, 5) is 4.22. The molecule has 1 aromatic rings. The van der Waals surface area contributed by atoms with Gasteiger partial charge in [0.15, 0.2) is 5.96 Å². The minimum Gasteiger partial charge on any atom is -0.496 e. The third kappa shape index (κ3) is 6.04. The molecule has 0 fully saturated rings. The second-order valence-electron chi connectivity index (χ2n) is 4.87. The molecule has 1 rings (SSSR count). The number of nitrogens with one attached hydrogen (secondary N) is 2. The van der Waals surface area contributed by atoms with Crippen LogP contribution < -0.4 is 15.4 Å². The number of hydrogen-bond donors (Lipinski definition) is 2. The van der Waals surface area contributed by atoms with Crippen LogP contribution in [0.15, 0.2) is 29.3 Å². The minimum absolute atomic E-state index is 0.332. The Morgan fingerprint density at radius 3 is 2.67 bits per heavy atom. The van der Waals surface area contributed by atoms with Gasteiger partial charge in [-0.15, -0.1) is 0 Å². The van der Waals surface area contributed by atoms with Gasteiger partial charge in [0.1, 0.15) is 5.75 Å². The van der Waals surface area contributed by atoms with Gasteiger partial charge in [-0.25, -0.2) is 0 Å². The molecular weight excluding hydrogens is 266 g/mol. The van der Waals surface area contributed by atoms with E-state index in [0.717, 1.165) is 37.8 Å². The monoisotopic (exact) mass is 293 g/mol. The lowest BCUT2D eigenvalue weighted by atomic mass is 10.0. The van der Waals surface area contributed by atoms with Crippen molar-refractivity contribution in [2.24, 2.45) is 4.99 Å². The number of methoxy groups -OCH3 is 2. The summed E-state index contributed by atoms with van der Waals surface area (Å²) >= 11 is 0. The Labute approximate surface area is 127 Å². The molecule has 0 aliphatic heterocycles. The van der Waals surface area contributed by atoms with Crippen LogP contribution in [0.25, 0.3) is 0 Å². The van der Waals surface area contributed by atoms with Crippen LogP contribution in [0.1, 0.15) is 24.8 Å². The summed E-state index contributed by atoms with van der Waals surface area (Å²) in [7, 11) is 5.19. The van der Waals surface area contributed by atoms with Crippen LogP contribution in [0.2, 0.25) is 0 Å². The first-order chi connectivity index (χ1) is 10.2. The zero-order valence-electron chi connectivity index (χ0n) is 13.5. The van der Waals surface area contributed by atoms with Crippen LogP contribution in [-0.4, -0.2) is 46.9 Å². The van der Waals surface area contributed by atoms with Gasteiger partial charge in [0, 0.05) is 39.8 Å². The van der Waals surface area contributed by atoms with E-state index in [-0.39, 0.29) is 0 Å². The third-order valence-corrected chi connectivity index (χ3v) is 3.29. The van der Waals surface area contributed by atoms with Crippen LogP contribution in [0.3, 0.4) is 0 Å². The Morgan fingerprint density at radius 1 is 1.24 bits per heavy atom. The first-order valence-electron chi connectivity index (χ1n) is 7.29. The Kier molecular flexibility index (Phi) is 8.28. The molecule has 1 aromatic carbocycles. The predicted octanol–water partition coefficient (Wildman–Crippen LogP) is 2.00. The molecule has 1 atom stereocenters. The van der Waals surface area contributed by atoms with Crippen molar-refractivity contribution in [2.45, 2.75) is 19.3 Å². The van der Waals surface area contributed by atoms with E-state index in [1.807, 2.05) is 18.2 Å². The zero-order valence-corrected chi connectivity index (χ0v) is 13.5. The molecule has 0 bridgehead atoms. The highest BCUT2D eigenvalue weighted by molar-refractivity contribution is 5.79. The third-order valence-electron chi connectivity index (χ3n) is 3.29. The number of hydrogen-bond acceptors (Lipinski definition) is 3. The van der Waals surface area contributed by atoms with Crippen molar-refractivity contribution in [3.63, 3.8) is 0 Å². The summed E-state index contributed by atoms with van der Waals surface area (Å²) < 4.78 is 10.4. The summed E-state index contributed by atoms with van der Waals surface area (Å²) in [5.74, 6) is 2.07. The molecule has 5 nitrogen and oxygen atoms in total. The lowest BCUT2D eigenvalue weighted by Gasteiger charge is -2.18. The number of para-hydroxylation sites is 1. The van der Waals surface area contributed by atoms with Crippen LogP contribution in [-0.2, 0) is 4.74 Å². The normalized spacial score (nSPS) is 12.9. The summed E-state index contributed by atoms with van der Waals surface area (Å²) in [6, 6.07) is 8.11. The summed E-state index contributed by atoms with van der Waals surface area (Å²) in [5, 5.41) is 6.61. The molecular formula is C16H27N3O2. The van der Waals surface area contributed by atoms with Gasteiger partial charge in [-0.05, 0) is 18.1 Å². The summed E-state index contributed by atoms with van der Waals surface area (Å²) in [6.07, 6.45) is 0.958. The summed E-state index contributed by atoms with van der Waals surface area (Å²) in [6.45, 7) is 4.56. The standard InChI is InChI=1S/C16H27N3O2/c1-13(14-8-5-6-9-15(14)21-4)12-19-16(17-2)18-10-7-11-20-3/h5-6,8-9,13H,7,10-12H2,1-4H3,(H2,17,18,19). The van der Waals surface area contributed by atoms with Crippen molar-refractivity contribution in [3.8, 4) is 5.75 Å². The summed E-state index contributed by atoms with van der Waals surface area (Å²) in [5.41, 5.74) is 1.20. The van der Waals surface area contributed by atoms with E-state index in [9.17, 15) is 0 Å². The van der Waals surface area contributed by atoms with Crippen molar-refractivity contribution < 1.29 is 9.47 Å². The maximum absolute atomic E-state index is 5.40. The fraction of sp³-hybridized carbons (Fsp3) is 0.562. The average Bonchev–Trinajstić information content (AvgIpc) is 2.53. The molecule has 118 valence electrons. The minimum atomic E-state index is 0.332. The smallest absolute Gasteiger partial charge is 0.190 e. The van der Waals surface area contributed by atoms with Crippen LogP contribution in [0, 0.1) is 0 Å². The molecule has 0 amide bonds. The highest BCUT2D eigenvalue weighted by Gasteiger charge is 2.11. The SMILES string of the molecule is CN=C(NCCCOC)NCC(C)c1ccccc1OC. The van der Waals surface area contributed by atoms with Gasteiger partial charge < -0.3 is 20.1 Å². The zero-order chi connectivity index (χ0) is 15.5. The van der Waals surface area contributed by atoms with Gasteiger partial charge in [-0.2, -0.15) is 0 Å². The topological polar surface area (TPSA) is 54.9 Å². The van der Waals surface area contributed by atoms with Crippen LogP contribution in [0.4, 0.5) is 0 Å². The van der Waals surface area contributed by atoms with Crippen molar-refractivity contribution in [3.05, 3.63) is 29.8 Å². The molecule has 0 aliphatic carbocycles. The highest BCUT2D eigenvalue weighted by atomic mass is 16.5. The number of rotatable bonds is 8. The van der Waals surface area contributed by atoms with Crippen molar-refractivity contribution in [2.75, 3.05) is 41.0 Å². The first kappa shape index (κ1) is 17.3.